The van der Waals surface area contributed by atoms with Gasteiger partial charge in [0.1, 0.15) is 5.75 Å². The maximum atomic E-state index is 11.7. The van der Waals surface area contributed by atoms with E-state index in [4.69, 9.17) is 16.3 Å². The molecule has 0 heterocycles. The number of hydrogen-bond acceptors (Lipinski definition) is 2. The molecular formula is C12H14BrClO2. The predicted octanol–water partition coefficient (Wildman–Crippen LogP) is 3.96. The lowest BCUT2D eigenvalue weighted by molar-refractivity contribution is 0.101. The molecule has 1 aromatic carbocycles. The second-order valence-corrected chi connectivity index (χ2v) is 5.66. The van der Waals surface area contributed by atoms with Gasteiger partial charge in [-0.3, -0.25) is 4.79 Å². The molecule has 0 fully saturated rings. The van der Waals surface area contributed by atoms with Crippen molar-refractivity contribution in [3.05, 3.63) is 29.3 Å². The standard InChI is InChI=1S/C12H14BrClO2/c1-7(2)8-4-5-9(10(6-8)16-3)11(15)12(13)14/h4-7,12H,1-3H3. The Morgan fingerprint density at radius 3 is 2.50 bits per heavy atom. The van der Waals surface area contributed by atoms with Gasteiger partial charge in [0.15, 0.2) is 10.1 Å². The zero-order valence-corrected chi connectivity index (χ0v) is 11.8. The molecule has 0 aliphatic rings. The van der Waals surface area contributed by atoms with Gasteiger partial charge in [-0.15, -0.1) is 11.6 Å². The molecular weight excluding hydrogens is 291 g/mol. The summed E-state index contributed by atoms with van der Waals surface area (Å²) in [5, 5.41) is 0. The van der Waals surface area contributed by atoms with Crippen molar-refractivity contribution in [1.29, 1.82) is 0 Å². The topological polar surface area (TPSA) is 26.3 Å². The van der Waals surface area contributed by atoms with Crippen LogP contribution >= 0.6 is 27.5 Å². The Kier molecular flexibility index (Phi) is 4.81. The van der Waals surface area contributed by atoms with E-state index in [2.05, 4.69) is 29.8 Å². The number of carbonyl (C=O) groups is 1. The molecule has 0 aliphatic carbocycles. The summed E-state index contributed by atoms with van der Waals surface area (Å²) < 4.78 is 4.49. The van der Waals surface area contributed by atoms with Gasteiger partial charge in [-0.1, -0.05) is 35.8 Å². The summed E-state index contributed by atoms with van der Waals surface area (Å²) in [6.07, 6.45) is 0. The monoisotopic (exact) mass is 304 g/mol. The lowest BCUT2D eigenvalue weighted by atomic mass is 10.00. The van der Waals surface area contributed by atoms with E-state index >= 15 is 0 Å². The fourth-order valence-corrected chi connectivity index (χ4v) is 1.75. The lowest BCUT2D eigenvalue weighted by Crippen LogP contribution is -2.09. The fourth-order valence-electron chi connectivity index (χ4n) is 1.39. The second kappa shape index (κ2) is 5.69. The SMILES string of the molecule is COc1cc(C(C)C)ccc1C(=O)C(Cl)Br. The summed E-state index contributed by atoms with van der Waals surface area (Å²) >= 11 is 8.75. The molecule has 0 N–H and O–H groups in total. The molecule has 1 unspecified atom stereocenters. The first-order valence-electron chi connectivity index (χ1n) is 4.97. The third kappa shape index (κ3) is 2.98. The molecule has 0 spiro atoms. The molecule has 0 aromatic heterocycles. The van der Waals surface area contributed by atoms with Crippen molar-refractivity contribution in [3.8, 4) is 5.75 Å². The van der Waals surface area contributed by atoms with Crippen LogP contribution in [-0.4, -0.2) is 17.2 Å². The van der Waals surface area contributed by atoms with Gasteiger partial charge in [-0.05, 0) is 23.6 Å². The Labute approximate surface area is 109 Å². The maximum Gasteiger partial charge on any atom is 0.195 e. The van der Waals surface area contributed by atoms with Gasteiger partial charge in [0.05, 0.1) is 12.7 Å². The van der Waals surface area contributed by atoms with Crippen molar-refractivity contribution in [3.63, 3.8) is 0 Å². The Morgan fingerprint density at radius 1 is 1.44 bits per heavy atom. The number of methoxy groups -OCH3 is 1. The number of benzene rings is 1. The van der Waals surface area contributed by atoms with Crippen LogP contribution in [0.3, 0.4) is 0 Å². The summed E-state index contributed by atoms with van der Waals surface area (Å²) in [6, 6.07) is 5.56. The van der Waals surface area contributed by atoms with Crippen LogP contribution in [-0.2, 0) is 0 Å². The molecule has 4 heteroatoms. The van der Waals surface area contributed by atoms with Crippen LogP contribution in [0.15, 0.2) is 18.2 Å². The van der Waals surface area contributed by atoms with Gasteiger partial charge < -0.3 is 4.74 Å². The molecule has 1 rings (SSSR count). The van der Waals surface area contributed by atoms with E-state index in [9.17, 15) is 4.79 Å². The van der Waals surface area contributed by atoms with Crippen LogP contribution in [0.4, 0.5) is 0 Å². The van der Waals surface area contributed by atoms with Crippen molar-refractivity contribution in [2.45, 2.75) is 24.1 Å². The summed E-state index contributed by atoms with van der Waals surface area (Å²) in [6.45, 7) is 4.18. The summed E-state index contributed by atoms with van der Waals surface area (Å²) in [7, 11) is 1.55. The molecule has 16 heavy (non-hydrogen) atoms. The Morgan fingerprint density at radius 2 is 2.06 bits per heavy atom. The van der Waals surface area contributed by atoms with Crippen LogP contribution in [0, 0.1) is 0 Å². The largest absolute Gasteiger partial charge is 0.496 e. The molecule has 0 saturated carbocycles. The zero-order valence-electron chi connectivity index (χ0n) is 9.46. The quantitative estimate of drug-likeness (QED) is 0.621. The molecule has 0 aliphatic heterocycles. The molecule has 0 amide bonds. The van der Waals surface area contributed by atoms with Gasteiger partial charge in [-0.25, -0.2) is 0 Å². The third-order valence-electron chi connectivity index (χ3n) is 2.36. The van der Waals surface area contributed by atoms with Crippen LogP contribution in [0.2, 0.25) is 0 Å². The summed E-state index contributed by atoms with van der Waals surface area (Å²) in [5.41, 5.74) is 1.64. The van der Waals surface area contributed by atoms with Crippen molar-refractivity contribution in [2.75, 3.05) is 7.11 Å². The number of hydrogen-bond donors (Lipinski definition) is 0. The van der Waals surface area contributed by atoms with Gasteiger partial charge in [0.25, 0.3) is 0 Å². The van der Waals surface area contributed by atoms with Crippen molar-refractivity contribution >= 4 is 33.3 Å². The van der Waals surface area contributed by atoms with Gasteiger partial charge in [0.2, 0.25) is 0 Å². The van der Waals surface area contributed by atoms with Crippen molar-refractivity contribution in [1.82, 2.24) is 0 Å². The van der Waals surface area contributed by atoms with Crippen molar-refractivity contribution < 1.29 is 9.53 Å². The molecule has 1 atom stereocenters. The van der Waals surface area contributed by atoms with E-state index in [1.807, 2.05) is 12.1 Å². The molecule has 0 saturated heterocycles. The minimum absolute atomic E-state index is 0.186. The van der Waals surface area contributed by atoms with Gasteiger partial charge in [0, 0.05) is 0 Å². The summed E-state index contributed by atoms with van der Waals surface area (Å²) in [4.78, 5) is 11.7. The molecule has 0 bridgehead atoms. The first-order valence-corrected chi connectivity index (χ1v) is 6.33. The third-order valence-corrected chi connectivity index (χ3v) is 2.97. The maximum absolute atomic E-state index is 11.7. The molecule has 2 nitrogen and oxygen atoms in total. The number of carbonyl (C=O) groups excluding carboxylic acids is 1. The van der Waals surface area contributed by atoms with Crippen molar-refractivity contribution in [2.24, 2.45) is 0 Å². The normalized spacial score (nSPS) is 12.6. The minimum Gasteiger partial charge on any atom is -0.496 e. The van der Waals surface area contributed by atoms with E-state index in [-0.39, 0.29) is 5.78 Å². The first kappa shape index (κ1) is 13.5. The number of Topliss-reactive ketones (excluding diaryl/α,β-unsaturated/α-hetero) is 1. The average molecular weight is 306 g/mol. The van der Waals surface area contributed by atoms with Crippen LogP contribution < -0.4 is 4.74 Å². The minimum atomic E-state index is -0.716. The van der Waals surface area contributed by atoms with E-state index in [1.54, 1.807) is 13.2 Å². The lowest BCUT2D eigenvalue weighted by Gasteiger charge is -2.12. The average Bonchev–Trinajstić information content (AvgIpc) is 2.26. The molecule has 1 aromatic rings. The highest BCUT2D eigenvalue weighted by molar-refractivity contribution is 9.10. The molecule has 88 valence electrons. The molecule has 0 radical (unpaired) electrons. The van der Waals surface area contributed by atoms with Gasteiger partial charge >= 0.3 is 0 Å². The van der Waals surface area contributed by atoms with Crippen LogP contribution in [0.1, 0.15) is 35.7 Å². The fraction of sp³-hybridized carbons (Fsp3) is 0.417. The number of ketones is 1. The number of ether oxygens (including phenoxy) is 1. The van der Waals surface area contributed by atoms with Crippen LogP contribution in [0.25, 0.3) is 0 Å². The van der Waals surface area contributed by atoms with E-state index < -0.39 is 4.29 Å². The highest BCUT2D eigenvalue weighted by atomic mass is 79.9. The van der Waals surface area contributed by atoms with E-state index in [1.165, 1.54) is 0 Å². The second-order valence-electron chi connectivity index (χ2n) is 3.78. The predicted molar refractivity (Wildman–Crippen MR) is 70.0 cm³/mol. The number of halogens is 2. The Balaban J connectivity index is 3.17. The van der Waals surface area contributed by atoms with Gasteiger partial charge in [-0.2, -0.15) is 0 Å². The highest BCUT2D eigenvalue weighted by Crippen LogP contribution is 2.27. The Hall–Kier alpha value is -0.540. The highest BCUT2D eigenvalue weighted by Gasteiger charge is 2.18. The Bertz CT molecular complexity index is 389. The zero-order chi connectivity index (χ0) is 12.3. The smallest absolute Gasteiger partial charge is 0.195 e. The summed E-state index contributed by atoms with van der Waals surface area (Å²) in [5.74, 6) is 0.781. The van der Waals surface area contributed by atoms with E-state index in [0.29, 0.717) is 17.2 Å². The first-order chi connectivity index (χ1) is 7.47. The van der Waals surface area contributed by atoms with Crippen LogP contribution in [0.5, 0.6) is 5.75 Å². The van der Waals surface area contributed by atoms with E-state index in [0.717, 1.165) is 5.56 Å². The number of alkyl halides is 2. The number of rotatable bonds is 4.